The zero-order valence-corrected chi connectivity index (χ0v) is 10.3. The van der Waals surface area contributed by atoms with Crippen molar-refractivity contribution in [3.63, 3.8) is 0 Å². The first-order valence-corrected chi connectivity index (χ1v) is 6.80. The third kappa shape index (κ3) is 2.96. The summed E-state index contributed by atoms with van der Waals surface area (Å²) in [7, 11) is 0. The second-order valence-corrected chi connectivity index (χ2v) is 5.30. The van der Waals surface area contributed by atoms with Crippen molar-refractivity contribution in [1.29, 1.82) is 0 Å². The van der Waals surface area contributed by atoms with Crippen molar-refractivity contribution in [3.05, 3.63) is 0 Å². The minimum absolute atomic E-state index is 0.222. The van der Waals surface area contributed by atoms with E-state index in [1.54, 1.807) is 0 Å². The van der Waals surface area contributed by atoms with E-state index in [-0.39, 0.29) is 6.10 Å². The van der Waals surface area contributed by atoms with Crippen molar-refractivity contribution in [3.8, 4) is 0 Å². The molecule has 3 nitrogen and oxygen atoms in total. The van der Waals surface area contributed by atoms with Gasteiger partial charge in [-0.05, 0) is 25.2 Å². The molecule has 4 unspecified atom stereocenters. The minimum Gasteiger partial charge on any atom is -0.391 e. The van der Waals surface area contributed by atoms with Gasteiger partial charge in [0.05, 0.1) is 12.7 Å². The van der Waals surface area contributed by atoms with Crippen molar-refractivity contribution in [2.24, 2.45) is 11.8 Å². The average Bonchev–Trinajstić information content (AvgIpc) is 2.96. The van der Waals surface area contributed by atoms with Crippen LogP contribution in [0.1, 0.15) is 39.0 Å². The van der Waals surface area contributed by atoms with E-state index in [1.807, 2.05) is 0 Å². The lowest BCUT2D eigenvalue weighted by molar-refractivity contribution is 0.0869. The van der Waals surface area contributed by atoms with E-state index in [0.717, 1.165) is 32.1 Å². The molecule has 4 atom stereocenters. The van der Waals surface area contributed by atoms with Crippen LogP contribution in [0.15, 0.2) is 0 Å². The van der Waals surface area contributed by atoms with E-state index in [1.165, 1.54) is 25.7 Å². The second kappa shape index (κ2) is 5.99. The number of aliphatic hydroxyl groups is 1. The van der Waals surface area contributed by atoms with Crippen LogP contribution in [-0.4, -0.2) is 37.0 Å². The van der Waals surface area contributed by atoms with E-state index < -0.39 is 0 Å². The summed E-state index contributed by atoms with van der Waals surface area (Å²) in [6.45, 7) is 4.58. The van der Waals surface area contributed by atoms with E-state index >= 15 is 0 Å². The second-order valence-electron chi connectivity index (χ2n) is 5.30. The summed E-state index contributed by atoms with van der Waals surface area (Å²) in [5.74, 6) is 1.18. The van der Waals surface area contributed by atoms with Crippen LogP contribution >= 0.6 is 0 Å². The number of rotatable bonds is 5. The molecule has 0 bridgehead atoms. The van der Waals surface area contributed by atoms with Crippen molar-refractivity contribution in [2.75, 3.05) is 19.8 Å². The van der Waals surface area contributed by atoms with Crippen LogP contribution in [-0.2, 0) is 4.74 Å². The third-order valence-electron chi connectivity index (χ3n) is 4.28. The summed E-state index contributed by atoms with van der Waals surface area (Å²) in [4.78, 5) is 0. The Kier molecular flexibility index (Phi) is 4.62. The molecule has 0 spiro atoms. The number of hydrogen-bond acceptors (Lipinski definition) is 3. The molecule has 94 valence electrons. The van der Waals surface area contributed by atoms with Gasteiger partial charge in [-0.15, -0.1) is 0 Å². The Morgan fingerprint density at radius 3 is 2.94 bits per heavy atom. The maximum atomic E-state index is 10.0. The molecule has 1 aliphatic carbocycles. The van der Waals surface area contributed by atoms with E-state index in [4.69, 9.17) is 4.74 Å². The smallest absolute Gasteiger partial charge is 0.0715 e. The summed E-state index contributed by atoms with van der Waals surface area (Å²) in [6.07, 6.45) is 6.05. The predicted molar refractivity (Wildman–Crippen MR) is 64.4 cm³/mol. The lowest BCUT2D eigenvalue weighted by Gasteiger charge is -2.23. The normalized spacial score (nSPS) is 36.8. The Bertz CT molecular complexity index is 204. The van der Waals surface area contributed by atoms with Crippen LogP contribution in [0.5, 0.6) is 0 Å². The number of hydrogen-bond donors (Lipinski definition) is 2. The van der Waals surface area contributed by atoms with Gasteiger partial charge in [-0.1, -0.05) is 19.8 Å². The van der Waals surface area contributed by atoms with Crippen LogP contribution in [0.2, 0.25) is 0 Å². The van der Waals surface area contributed by atoms with Crippen LogP contribution in [0, 0.1) is 11.8 Å². The van der Waals surface area contributed by atoms with E-state index in [9.17, 15) is 5.11 Å². The molecule has 0 aromatic rings. The number of nitrogens with one attached hydrogen (secondary N) is 1. The minimum atomic E-state index is -0.222. The summed E-state index contributed by atoms with van der Waals surface area (Å²) < 4.78 is 5.30. The Morgan fingerprint density at radius 1 is 1.38 bits per heavy atom. The molecule has 1 saturated heterocycles. The maximum absolute atomic E-state index is 10.0. The average molecular weight is 227 g/mol. The van der Waals surface area contributed by atoms with Crippen LogP contribution in [0.3, 0.4) is 0 Å². The summed E-state index contributed by atoms with van der Waals surface area (Å²) >= 11 is 0. The fourth-order valence-electron chi connectivity index (χ4n) is 3.09. The molecule has 0 aromatic heterocycles. The highest BCUT2D eigenvalue weighted by molar-refractivity contribution is 4.84. The molecule has 1 saturated carbocycles. The molecular weight excluding hydrogens is 202 g/mol. The highest BCUT2D eigenvalue weighted by atomic mass is 16.5. The van der Waals surface area contributed by atoms with Gasteiger partial charge in [0.15, 0.2) is 0 Å². The van der Waals surface area contributed by atoms with Gasteiger partial charge in [0, 0.05) is 25.1 Å². The van der Waals surface area contributed by atoms with Gasteiger partial charge in [-0.25, -0.2) is 0 Å². The molecule has 0 radical (unpaired) electrons. The lowest BCUT2D eigenvalue weighted by Crippen LogP contribution is -2.40. The Morgan fingerprint density at radius 2 is 2.25 bits per heavy atom. The lowest BCUT2D eigenvalue weighted by atomic mass is 9.98. The van der Waals surface area contributed by atoms with Crippen molar-refractivity contribution in [1.82, 2.24) is 5.32 Å². The standard InChI is InChI=1S/C13H25NO2/c1-2-10-4-3-5-12(10)14-8-13(15)11-6-7-16-9-11/h10-15H,2-9H2,1H3. The SMILES string of the molecule is CCC1CCCC1NCC(O)C1CCOC1. The van der Waals surface area contributed by atoms with Gasteiger partial charge in [0.2, 0.25) is 0 Å². The van der Waals surface area contributed by atoms with Crippen LogP contribution in [0.4, 0.5) is 0 Å². The highest BCUT2D eigenvalue weighted by Crippen LogP contribution is 2.28. The Balaban J connectivity index is 1.69. The first-order chi connectivity index (χ1) is 7.81. The molecule has 2 fully saturated rings. The molecule has 0 aromatic carbocycles. The molecule has 0 amide bonds. The van der Waals surface area contributed by atoms with Gasteiger partial charge in [0.25, 0.3) is 0 Å². The molecule has 1 aliphatic heterocycles. The van der Waals surface area contributed by atoms with Crippen LogP contribution in [0.25, 0.3) is 0 Å². The fraction of sp³-hybridized carbons (Fsp3) is 1.00. The molecule has 2 aliphatic rings. The van der Waals surface area contributed by atoms with Crippen LogP contribution < -0.4 is 5.32 Å². The first-order valence-electron chi connectivity index (χ1n) is 6.80. The Labute approximate surface area is 98.6 Å². The predicted octanol–water partition coefficient (Wildman–Crippen LogP) is 1.55. The van der Waals surface area contributed by atoms with Crippen molar-refractivity contribution < 1.29 is 9.84 Å². The first kappa shape index (κ1) is 12.3. The maximum Gasteiger partial charge on any atom is 0.0715 e. The van der Waals surface area contributed by atoms with Gasteiger partial charge >= 0.3 is 0 Å². The number of ether oxygens (including phenoxy) is 1. The highest BCUT2D eigenvalue weighted by Gasteiger charge is 2.28. The summed E-state index contributed by atoms with van der Waals surface area (Å²) in [5, 5.41) is 13.6. The largest absolute Gasteiger partial charge is 0.391 e. The zero-order valence-electron chi connectivity index (χ0n) is 10.3. The van der Waals surface area contributed by atoms with Gasteiger partial charge in [0.1, 0.15) is 0 Å². The van der Waals surface area contributed by atoms with Crippen molar-refractivity contribution >= 4 is 0 Å². The van der Waals surface area contributed by atoms with Crippen molar-refractivity contribution in [2.45, 2.75) is 51.2 Å². The van der Waals surface area contributed by atoms with Gasteiger partial charge in [-0.3, -0.25) is 0 Å². The molecule has 2 rings (SSSR count). The summed E-state index contributed by atoms with van der Waals surface area (Å²) in [6, 6.07) is 0.641. The molecule has 2 N–H and O–H groups in total. The molecule has 16 heavy (non-hydrogen) atoms. The summed E-state index contributed by atoms with van der Waals surface area (Å²) in [5.41, 5.74) is 0. The molecular formula is C13H25NO2. The van der Waals surface area contributed by atoms with E-state index in [2.05, 4.69) is 12.2 Å². The monoisotopic (exact) mass is 227 g/mol. The zero-order chi connectivity index (χ0) is 11.4. The quantitative estimate of drug-likeness (QED) is 0.749. The number of aliphatic hydroxyl groups excluding tert-OH is 1. The van der Waals surface area contributed by atoms with E-state index in [0.29, 0.717) is 12.0 Å². The fourth-order valence-corrected chi connectivity index (χ4v) is 3.09. The Hall–Kier alpha value is -0.120. The molecule has 1 heterocycles. The third-order valence-corrected chi connectivity index (χ3v) is 4.28. The van der Waals surface area contributed by atoms with Gasteiger partial charge in [-0.2, -0.15) is 0 Å². The topological polar surface area (TPSA) is 41.5 Å². The molecule has 3 heteroatoms. The van der Waals surface area contributed by atoms with Gasteiger partial charge < -0.3 is 15.2 Å².